The molecule has 0 fully saturated rings. The molecule has 0 radical (unpaired) electrons. The summed E-state index contributed by atoms with van der Waals surface area (Å²) >= 11 is 0. The Morgan fingerprint density at radius 3 is 2.63 bits per heavy atom. The highest BCUT2D eigenvalue weighted by Crippen LogP contribution is 2.25. The molecule has 1 aliphatic rings. The van der Waals surface area contributed by atoms with E-state index >= 15 is 0 Å². The number of carbonyl (C=O) groups is 1. The van der Waals surface area contributed by atoms with Crippen LogP contribution < -0.4 is 0 Å². The molecule has 19 heavy (non-hydrogen) atoms. The molecule has 0 atom stereocenters. The maximum atomic E-state index is 13.2. The molecule has 0 unspecified atom stereocenters. The molecule has 0 aliphatic heterocycles. The molecule has 0 bridgehead atoms. The van der Waals surface area contributed by atoms with Gasteiger partial charge in [-0.05, 0) is 31.1 Å². The quantitative estimate of drug-likeness (QED) is 0.695. The number of rotatable bonds is 2. The van der Waals surface area contributed by atoms with Crippen LogP contribution in [-0.2, 0) is 4.74 Å². The first-order valence-electron chi connectivity index (χ1n) is 6.34. The normalized spacial score (nSPS) is 16.6. The summed E-state index contributed by atoms with van der Waals surface area (Å²) in [6.45, 7) is 7.87. The van der Waals surface area contributed by atoms with Crippen molar-refractivity contribution in [2.75, 3.05) is 6.61 Å². The number of amides is 1. The van der Waals surface area contributed by atoms with Gasteiger partial charge in [0.1, 0.15) is 5.83 Å². The fourth-order valence-corrected chi connectivity index (χ4v) is 1.69. The topological polar surface area (TPSA) is 38.7 Å². The number of hydrogen-bond acceptors (Lipinski definition) is 2. The third-order valence-corrected chi connectivity index (χ3v) is 2.53. The molecule has 0 N–H and O–H groups in total. The zero-order valence-corrected chi connectivity index (χ0v) is 11.9. The SMILES string of the molecule is CCOC(=O)/N=C(\C1=CCC=C(F)C=C1)C(C)(C)C. The van der Waals surface area contributed by atoms with Gasteiger partial charge in [0.05, 0.1) is 12.3 Å². The van der Waals surface area contributed by atoms with Gasteiger partial charge in [-0.1, -0.05) is 32.9 Å². The van der Waals surface area contributed by atoms with Crippen LogP contribution in [0.5, 0.6) is 0 Å². The number of allylic oxidation sites excluding steroid dienone is 6. The van der Waals surface area contributed by atoms with Gasteiger partial charge in [0.25, 0.3) is 0 Å². The first kappa shape index (κ1) is 15.3. The molecule has 1 amide bonds. The van der Waals surface area contributed by atoms with Gasteiger partial charge in [-0.15, -0.1) is 0 Å². The number of aliphatic imine (C=N–C) groups is 1. The molecule has 1 rings (SSSR count). The van der Waals surface area contributed by atoms with E-state index in [0.29, 0.717) is 12.1 Å². The zero-order valence-electron chi connectivity index (χ0n) is 11.9. The molecule has 3 nitrogen and oxygen atoms in total. The molecule has 0 spiro atoms. The Balaban J connectivity index is 3.10. The van der Waals surface area contributed by atoms with E-state index in [4.69, 9.17) is 4.74 Å². The van der Waals surface area contributed by atoms with E-state index in [1.807, 2.05) is 26.8 Å². The maximum Gasteiger partial charge on any atom is 0.433 e. The van der Waals surface area contributed by atoms with E-state index in [9.17, 15) is 9.18 Å². The predicted molar refractivity (Wildman–Crippen MR) is 74.9 cm³/mol. The third kappa shape index (κ3) is 4.81. The van der Waals surface area contributed by atoms with Gasteiger partial charge < -0.3 is 4.74 Å². The number of nitrogens with zero attached hydrogens (tertiary/aromatic N) is 1. The summed E-state index contributed by atoms with van der Waals surface area (Å²) in [7, 11) is 0. The molecule has 0 heterocycles. The van der Waals surface area contributed by atoms with Crippen LogP contribution in [-0.4, -0.2) is 18.4 Å². The van der Waals surface area contributed by atoms with Gasteiger partial charge in [0, 0.05) is 5.41 Å². The van der Waals surface area contributed by atoms with Gasteiger partial charge in [0.2, 0.25) is 0 Å². The number of hydrogen-bond donors (Lipinski definition) is 0. The van der Waals surface area contributed by atoms with Crippen LogP contribution >= 0.6 is 0 Å². The predicted octanol–water partition coefficient (Wildman–Crippen LogP) is 4.37. The van der Waals surface area contributed by atoms with Crippen molar-refractivity contribution < 1.29 is 13.9 Å². The summed E-state index contributed by atoms with van der Waals surface area (Å²) in [5.74, 6) is -0.282. The molecular weight excluding hydrogens is 245 g/mol. The average Bonchev–Trinajstić information content (AvgIpc) is 2.50. The van der Waals surface area contributed by atoms with Gasteiger partial charge in [0.15, 0.2) is 0 Å². The van der Waals surface area contributed by atoms with E-state index in [0.717, 1.165) is 5.57 Å². The second kappa shape index (κ2) is 6.45. The molecule has 0 aromatic heterocycles. The summed E-state index contributed by atoms with van der Waals surface area (Å²) in [4.78, 5) is 15.6. The van der Waals surface area contributed by atoms with E-state index in [1.165, 1.54) is 12.2 Å². The minimum atomic E-state index is -0.612. The highest BCUT2D eigenvalue weighted by atomic mass is 19.1. The van der Waals surface area contributed by atoms with Crippen molar-refractivity contribution in [3.63, 3.8) is 0 Å². The smallest absolute Gasteiger partial charge is 0.433 e. The number of ether oxygens (including phenoxy) is 1. The standard InChI is InChI=1S/C15H20FNO2/c1-5-19-14(18)17-13(15(2,3)4)11-7-6-8-12(16)10-9-11/h7-10H,5-6H2,1-4H3/b17-13+. The monoisotopic (exact) mass is 265 g/mol. The van der Waals surface area contributed by atoms with Crippen LogP contribution in [0.25, 0.3) is 0 Å². The van der Waals surface area contributed by atoms with Crippen molar-refractivity contribution in [1.82, 2.24) is 0 Å². The first-order valence-corrected chi connectivity index (χ1v) is 6.34. The van der Waals surface area contributed by atoms with Gasteiger partial charge >= 0.3 is 6.09 Å². The molecule has 1 aliphatic carbocycles. The summed E-state index contributed by atoms with van der Waals surface area (Å²) in [6.07, 6.45) is 6.22. The minimum Gasteiger partial charge on any atom is -0.448 e. The van der Waals surface area contributed by atoms with E-state index in [-0.39, 0.29) is 17.8 Å². The third-order valence-electron chi connectivity index (χ3n) is 2.53. The molecule has 0 saturated heterocycles. The van der Waals surface area contributed by atoms with Crippen molar-refractivity contribution in [2.24, 2.45) is 10.4 Å². The number of carbonyl (C=O) groups excluding carboxylic acids is 1. The minimum absolute atomic E-state index is 0.282. The van der Waals surface area contributed by atoms with Crippen molar-refractivity contribution in [3.8, 4) is 0 Å². The summed E-state index contributed by atoms with van der Waals surface area (Å²) in [6, 6.07) is 0. The lowest BCUT2D eigenvalue weighted by Gasteiger charge is -2.22. The Bertz CT molecular complexity index is 465. The molecule has 0 saturated carbocycles. The molecule has 0 aromatic rings. The molecule has 104 valence electrons. The van der Waals surface area contributed by atoms with Crippen LogP contribution in [0.15, 0.2) is 40.7 Å². The van der Waals surface area contributed by atoms with Gasteiger partial charge in [-0.3, -0.25) is 0 Å². The molecular formula is C15H20FNO2. The van der Waals surface area contributed by atoms with Crippen molar-refractivity contribution >= 4 is 11.8 Å². The van der Waals surface area contributed by atoms with Crippen molar-refractivity contribution in [1.29, 1.82) is 0 Å². The first-order chi connectivity index (χ1) is 8.84. The van der Waals surface area contributed by atoms with E-state index in [1.54, 1.807) is 13.0 Å². The van der Waals surface area contributed by atoms with Crippen LogP contribution in [0.1, 0.15) is 34.1 Å². The molecule has 0 aromatic carbocycles. The lowest BCUT2D eigenvalue weighted by molar-refractivity contribution is 0.163. The van der Waals surface area contributed by atoms with Gasteiger partial charge in [-0.2, -0.15) is 4.99 Å². The Labute approximate surface area is 113 Å². The van der Waals surface area contributed by atoms with E-state index in [2.05, 4.69) is 4.99 Å². The van der Waals surface area contributed by atoms with Crippen molar-refractivity contribution in [2.45, 2.75) is 34.1 Å². The average molecular weight is 265 g/mol. The van der Waals surface area contributed by atoms with Crippen LogP contribution in [0.2, 0.25) is 0 Å². The summed E-state index contributed by atoms with van der Waals surface area (Å²) in [5.41, 5.74) is 1.03. The highest BCUT2D eigenvalue weighted by molar-refractivity contribution is 6.10. The second-order valence-corrected chi connectivity index (χ2v) is 5.23. The Kier molecular flexibility index (Phi) is 5.21. The lowest BCUT2D eigenvalue weighted by atomic mass is 9.85. The highest BCUT2D eigenvalue weighted by Gasteiger charge is 2.23. The fourth-order valence-electron chi connectivity index (χ4n) is 1.69. The second-order valence-electron chi connectivity index (χ2n) is 5.23. The zero-order chi connectivity index (χ0) is 14.5. The Morgan fingerprint density at radius 1 is 1.37 bits per heavy atom. The Hall–Kier alpha value is -1.71. The Morgan fingerprint density at radius 2 is 2.05 bits per heavy atom. The molecule has 4 heteroatoms. The summed E-state index contributed by atoms with van der Waals surface area (Å²) in [5, 5.41) is 0. The largest absolute Gasteiger partial charge is 0.448 e. The van der Waals surface area contributed by atoms with Crippen molar-refractivity contribution in [3.05, 3.63) is 35.7 Å². The van der Waals surface area contributed by atoms with Gasteiger partial charge in [-0.25, -0.2) is 9.18 Å². The summed E-state index contributed by atoms with van der Waals surface area (Å²) < 4.78 is 18.0. The maximum absolute atomic E-state index is 13.2. The lowest BCUT2D eigenvalue weighted by Crippen LogP contribution is -2.23. The van der Waals surface area contributed by atoms with E-state index < -0.39 is 6.09 Å². The fraction of sp³-hybridized carbons (Fsp3) is 0.467. The van der Waals surface area contributed by atoms with Crippen LogP contribution in [0, 0.1) is 5.41 Å². The number of halogens is 1. The van der Waals surface area contributed by atoms with Crippen LogP contribution in [0.4, 0.5) is 9.18 Å². The van der Waals surface area contributed by atoms with Crippen LogP contribution in [0.3, 0.4) is 0 Å².